The van der Waals surface area contributed by atoms with E-state index in [0.717, 1.165) is 5.69 Å². The molecule has 2 rings (SSSR count). The van der Waals surface area contributed by atoms with Crippen molar-refractivity contribution in [1.29, 1.82) is 0 Å². The minimum Gasteiger partial charge on any atom is -0.344 e. The van der Waals surface area contributed by atoms with Crippen molar-refractivity contribution in [3.63, 3.8) is 0 Å². The highest BCUT2D eigenvalue weighted by atomic mass is 35.5. The molecular formula is C12H11Cl2N. The fourth-order valence-electron chi connectivity index (χ4n) is 1.54. The Bertz CT molecular complexity index is 452. The summed E-state index contributed by atoms with van der Waals surface area (Å²) in [5.74, 6) is 0. The molecule has 0 radical (unpaired) electrons. The smallest absolute Gasteiger partial charge is 0.0940 e. The second-order valence-corrected chi connectivity index (χ2v) is 3.79. The number of alkyl halides is 2. The van der Waals surface area contributed by atoms with Crippen LogP contribution in [0.5, 0.6) is 0 Å². The number of fused-ring (bicyclic) bond motifs is 1. The molecule has 0 spiro atoms. The van der Waals surface area contributed by atoms with Gasteiger partial charge in [0.2, 0.25) is 0 Å². The monoisotopic (exact) mass is 239 g/mol. The van der Waals surface area contributed by atoms with Gasteiger partial charge in [-0.1, -0.05) is 30.3 Å². The normalized spacial score (nSPS) is 10.5. The number of benzene rings is 2. The highest BCUT2D eigenvalue weighted by molar-refractivity contribution is 6.22. The summed E-state index contributed by atoms with van der Waals surface area (Å²) >= 11 is 11.6. The van der Waals surface area contributed by atoms with E-state index in [1.807, 2.05) is 23.1 Å². The summed E-state index contributed by atoms with van der Waals surface area (Å²) in [5, 5.41) is 2.43. The SMILES string of the molecule is ClCN(CCl)c1ccc2ccccc2c1. The van der Waals surface area contributed by atoms with Crippen LogP contribution in [-0.4, -0.2) is 12.0 Å². The first-order valence-corrected chi connectivity index (χ1v) is 5.78. The van der Waals surface area contributed by atoms with Gasteiger partial charge in [0.05, 0.1) is 12.0 Å². The van der Waals surface area contributed by atoms with Crippen molar-refractivity contribution in [1.82, 2.24) is 0 Å². The van der Waals surface area contributed by atoms with Crippen LogP contribution in [-0.2, 0) is 0 Å². The van der Waals surface area contributed by atoms with Crippen LogP contribution in [0.1, 0.15) is 0 Å². The van der Waals surface area contributed by atoms with Gasteiger partial charge in [-0.3, -0.25) is 0 Å². The van der Waals surface area contributed by atoms with Gasteiger partial charge in [-0.25, -0.2) is 0 Å². The highest BCUT2D eigenvalue weighted by Gasteiger charge is 2.03. The number of hydrogen-bond donors (Lipinski definition) is 0. The van der Waals surface area contributed by atoms with Gasteiger partial charge in [-0.05, 0) is 22.9 Å². The third-order valence-electron chi connectivity index (χ3n) is 2.39. The van der Waals surface area contributed by atoms with Crippen molar-refractivity contribution in [2.75, 3.05) is 16.9 Å². The predicted molar refractivity (Wildman–Crippen MR) is 67.9 cm³/mol. The molecule has 78 valence electrons. The Hall–Kier alpha value is -0.920. The molecule has 1 nitrogen and oxygen atoms in total. The molecule has 0 amide bonds. The van der Waals surface area contributed by atoms with E-state index in [9.17, 15) is 0 Å². The number of anilines is 1. The third-order valence-corrected chi connectivity index (χ3v) is 2.96. The van der Waals surface area contributed by atoms with Crippen LogP contribution >= 0.6 is 23.2 Å². The van der Waals surface area contributed by atoms with Crippen LogP contribution in [0.2, 0.25) is 0 Å². The van der Waals surface area contributed by atoms with E-state index in [1.165, 1.54) is 10.8 Å². The molecule has 3 heteroatoms. The van der Waals surface area contributed by atoms with Gasteiger partial charge in [-0.2, -0.15) is 0 Å². The first kappa shape index (κ1) is 10.6. The van der Waals surface area contributed by atoms with E-state index < -0.39 is 0 Å². The lowest BCUT2D eigenvalue weighted by atomic mass is 10.1. The van der Waals surface area contributed by atoms with Crippen LogP contribution in [0.3, 0.4) is 0 Å². The average molecular weight is 240 g/mol. The molecule has 0 saturated heterocycles. The Morgan fingerprint density at radius 3 is 2.20 bits per heavy atom. The predicted octanol–water partition coefficient (Wildman–Crippen LogP) is 4.04. The lowest BCUT2D eigenvalue weighted by Gasteiger charge is -2.18. The maximum absolute atomic E-state index is 5.79. The van der Waals surface area contributed by atoms with Crippen LogP contribution in [0.15, 0.2) is 42.5 Å². The van der Waals surface area contributed by atoms with Gasteiger partial charge in [0.1, 0.15) is 0 Å². The summed E-state index contributed by atoms with van der Waals surface area (Å²) in [6.07, 6.45) is 0. The molecule has 0 bridgehead atoms. The van der Waals surface area contributed by atoms with E-state index in [-0.39, 0.29) is 0 Å². The molecule has 0 aliphatic heterocycles. The van der Waals surface area contributed by atoms with Gasteiger partial charge in [0.25, 0.3) is 0 Å². The molecule has 0 heterocycles. The first-order chi connectivity index (χ1) is 7.35. The summed E-state index contributed by atoms with van der Waals surface area (Å²) in [5.41, 5.74) is 1.05. The van der Waals surface area contributed by atoms with Crippen molar-refractivity contribution >= 4 is 39.7 Å². The molecule has 0 unspecified atom stereocenters. The van der Waals surface area contributed by atoms with E-state index in [4.69, 9.17) is 23.2 Å². The topological polar surface area (TPSA) is 3.24 Å². The molecule has 0 fully saturated rings. The Balaban J connectivity index is 2.46. The van der Waals surface area contributed by atoms with E-state index in [2.05, 4.69) is 24.3 Å². The summed E-state index contributed by atoms with van der Waals surface area (Å²) in [6.45, 7) is 0. The number of hydrogen-bond acceptors (Lipinski definition) is 1. The Morgan fingerprint density at radius 2 is 1.53 bits per heavy atom. The summed E-state index contributed by atoms with van der Waals surface area (Å²) in [6, 6.07) is 15.2. The fraction of sp³-hybridized carbons (Fsp3) is 0.167. The van der Waals surface area contributed by atoms with Gasteiger partial charge >= 0.3 is 0 Å². The van der Waals surface area contributed by atoms with Crippen molar-refractivity contribution in [3.05, 3.63) is 42.5 Å². The molecule has 0 aliphatic rings. The Kier molecular flexibility index (Phi) is 3.34. The zero-order chi connectivity index (χ0) is 10.7. The van der Waals surface area contributed by atoms with Crippen molar-refractivity contribution < 1.29 is 0 Å². The van der Waals surface area contributed by atoms with Crippen LogP contribution < -0.4 is 4.90 Å². The minimum absolute atomic E-state index is 0.405. The van der Waals surface area contributed by atoms with Crippen LogP contribution in [0, 0.1) is 0 Å². The van der Waals surface area contributed by atoms with E-state index in [0.29, 0.717) is 12.0 Å². The van der Waals surface area contributed by atoms with Gasteiger partial charge < -0.3 is 4.90 Å². The zero-order valence-electron chi connectivity index (χ0n) is 8.16. The van der Waals surface area contributed by atoms with Gasteiger partial charge in [0.15, 0.2) is 0 Å². The zero-order valence-corrected chi connectivity index (χ0v) is 9.67. The maximum Gasteiger partial charge on any atom is 0.0940 e. The third kappa shape index (κ3) is 2.19. The molecule has 15 heavy (non-hydrogen) atoms. The molecule has 0 atom stereocenters. The number of halogens is 2. The molecular weight excluding hydrogens is 229 g/mol. The molecule has 0 saturated carbocycles. The maximum atomic E-state index is 5.79. The fourth-order valence-corrected chi connectivity index (χ4v) is 2.07. The second-order valence-electron chi connectivity index (χ2n) is 3.31. The quantitative estimate of drug-likeness (QED) is 0.578. The van der Waals surface area contributed by atoms with Crippen molar-refractivity contribution in [2.45, 2.75) is 0 Å². The Labute approximate surface area is 99.2 Å². The molecule has 0 aromatic heterocycles. The number of nitrogens with zero attached hydrogens (tertiary/aromatic N) is 1. The second kappa shape index (κ2) is 4.73. The molecule has 0 aliphatic carbocycles. The largest absolute Gasteiger partial charge is 0.344 e. The van der Waals surface area contributed by atoms with Crippen molar-refractivity contribution in [2.24, 2.45) is 0 Å². The minimum atomic E-state index is 0.405. The van der Waals surface area contributed by atoms with Crippen LogP contribution in [0.25, 0.3) is 10.8 Å². The Morgan fingerprint density at radius 1 is 0.867 bits per heavy atom. The van der Waals surface area contributed by atoms with E-state index in [1.54, 1.807) is 0 Å². The van der Waals surface area contributed by atoms with Crippen LogP contribution in [0.4, 0.5) is 5.69 Å². The highest BCUT2D eigenvalue weighted by Crippen LogP contribution is 2.22. The average Bonchev–Trinajstić information content (AvgIpc) is 2.30. The summed E-state index contributed by atoms with van der Waals surface area (Å²) < 4.78 is 0. The lowest BCUT2D eigenvalue weighted by Crippen LogP contribution is -2.18. The van der Waals surface area contributed by atoms with E-state index >= 15 is 0 Å². The standard InChI is InChI=1S/C12H11Cl2N/c13-8-15(9-14)12-6-5-10-3-1-2-4-11(10)7-12/h1-7H,8-9H2. The summed E-state index contributed by atoms with van der Waals surface area (Å²) in [7, 11) is 0. The molecule has 0 N–H and O–H groups in total. The summed E-state index contributed by atoms with van der Waals surface area (Å²) in [4.78, 5) is 1.90. The lowest BCUT2D eigenvalue weighted by molar-refractivity contribution is 1.05. The van der Waals surface area contributed by atoms with Gasteiger partial charge in [-0.15, -0.1) is 23.2 Å². The van der Waals surface area contributed by atoms with Crippen molar-refractivity contribution in [3.8, 4) is 0 Å². The molecule has 2 aromatic rings. The molecule has 2 aromatic carbocycles. The number of rotatable bonds is 3. The first-order valence-electron chi connectivity index (χ1n) is 4.71. The van der Waals surface area contributed by atoms with Gasteiger partial charge in [0, 0.05) is 5.69 Å².